The fourth-order valence-corrected chi connectivity index (χ4v) is 7.87. The number of pyridine rings is 1. The van der Waals surface area contributed by atoms with Gasteiger partial charge in [0.05, 0.1) is 55.9 Å². The molecule has 2 aromatic carbocycles. The molecule has 0 spiro atoms. The molecular formula is C32H30F3N7O2S. The van der Waals surface area contributed by atoms with E-state index in [1.807, 2.05) is 45.0 Å². The van der Waals surface area contributed by atoms with Crippen molar-refractivity contribution in [3.63, 3.8) is 0 Å². The van der Waals surface area contributed by atoms with Crippen LogP contribution in [0.5, 0.6) is 5.75 Å². The van der Waals surface area contributed by atoms with Crippen LogP contribution in [0.15, 0.2) is 54.9 Å². The first-order valence-electron chi connectivity index (χ1n) is 14.9. The maximum atomic E-state index is 15.8. The molecule has 0 saturated heterocycles. The van der Waals surface area contributed by atoms with Gasteiger partial charge in [0.25, 0.3) is 0 Å². The minimum absolute atomic E-state index is 0.0968. The van der Waals surface area contributed by atoms with Crippen LogP contribution in [0.25, 0.3) is 33.4 Å². The van der Waals surface area contributed by atoms with Crippen molar-refractivity contribution in [3.05, 3.63) is 77.8 Å². The molecule has 1 fully saturated rings. The van der Waals surface area contributed by atoms with Crippen LogP contribution in [0.4, 0.5) is 13.2 Å². The zero-order valence-electron chi connectivity index (χ0n) is 24.8. The van der Waals surface area contributed by atoms with E-state index in [0.29, 0.717) is 41.6 Å². The average molecular weight is 634 g/mol. The molecule has 0 radical (unpaired) electrons. The summed E-state index contributed by atoms with van der Waals surface area (Å²) in [6.07, 6.45) is 6.02. The van der Waals surface area contributed by atoms with Crippen molar-refractivity contribution in [2.45, 2.75) is 75.4 Å². The van der Waals surface area contributed by atoms with E-state index >= 15 is 4.39 Å². The number of aromatic nitrogens is 6. The third kappa shape index (κ3) is 4.34. The fourth-order valence-electron chi connectivity index (χ4n) is 6.90. The molecule has 5 aromatic rings. The minimum Gasteiger partial charge on any atom is -0.434 e. The van der Waals surface area contributed by atoms with Crippen molar-refractivity contribution in [2.24, 2.45) is 0 Å². The van der Waals surface area contributed by atoms with Crippen molar-refractivity contribution in [3.8, 4) is 28.1 Å². The highest BCUT2D eigenvalue weighted by Gasteiger charge is 2.45. The fraction of sp³-hybridized carbons (Fsp3) is 0.375. The van der Waals surface area contributed by atoms with Crippen LogP contribution in [-0.2, 0) is 16.5 Å². The molecule has 1 N–H and O–H groups in total. The van der Waals surface area contributed by atoms with Crippen molar-refractivity contribution in [1.29, 1.82) is 0 Å². The van der Waals surface area contributed by atoms with E-state index < -0.39 is 33.7 Å². The van der Waals surface area contributed by atoms with Crippen LogP contribution < -0.4 is 9.46 Å². The lowest BCUT2D eigenvalue weighted by molar-refractivity contribution is -0.0506. The first-order chi connectivity index (χ1) is 21.5. The topological polar surface area (TPSA) is 99.8 Å². The molecule has 13 heteroatoms. The molecule has 45 heavy (non-hydrogen) atoms. The van der Waals surface area contributed by atoms with E-state index in [2.05, 4.69) is 24.6 Å². The minimum atomic E-state index is -2.99. The van der Waals surface area contributed by atoms with Gasteiger partial charge in [-0.2, -0.15) is 8.78 Å². The highest BCUT2D eigenvalue weighted by Crippen LogP contribution is 2.52. The molecule has 232 valence electrons. The van der Waals surface area contributed by atoms with Gasteiger partial charge in [-0.05, 0) is 69.9 Å². The number of nitrogens with zero attached hydrogens (tertiary/aromatic N) is 6. The van der Waals surface area contributed by atoms with Gasteiger partial charge in [-0.1, -0.05) is 23.4 Å². The Morgan fingerprint density at radius 1 is 1.09 bits per heavy atom. The molecule has 1 aliphatic carbocycles. The van der Waals surface area contributed by atoms with Gasteiger partial charge < -0.3 is 9.30 Å². The zero-order valence-corrected chi connectivity index (χ0v) is 25.6. The zero-order chi connectivity index (χ0) is 31.2. The largest absolute Gasteiger partial charge is 0.434 e. The first-order valence-corrected chi connectivity index (χ1v) is 16.1. The van der Waals surface area contributed by atoms with Crippen LogP contribution in [0.1, 0.15) is 75.6 Å². The van der Waals surface area contributed by atoms with Gasteiger partial charge in [0.15, 0.2) is 0 Å². The Kier molecular flexibility index (Phi) is 6.27. The van der Waals surface area contributed by atoms with E-state index in [0.717, 1.165) is 28.9 Å². The number of hydrogen-bond donors (Lipinski definition) is 1. The highest BCUT2D eigenvalue weighted by atomic mass is 32.2. The second-order valence-electron chi connectivity index (χ2n) is 12.9. The summed E-state index contributed by atoms with van der Waals surface area (Å²) in [5.74, 6) is 0.374. The predicted octanol–water partition coefficient (Wildman–Crippen LogP) is 6.42. The summed E-state index contributed by atoms with van der Waals surface area (Å²) in [6.45, 7) is 2.65. The Labute approximate surface area is 259 Å². The molecular weight excluding hydrogens is 603 g/mol. The van der Waals surface area contributed by atoms with Crippen molar-refractivity contribution >= 4 is 22.0 Å². The molecule has 1 saturated carbocycles. The number of benzene rings is 2. The van der Waals surface area contributed by atoms with Crippen molar-refractivity contribution in [1.82, 2.24) is 34.3 Å². The quantitative estimate of drug-likeness (QED) is 0.232. The van der Waals surface area contributed by atoms with Gasteiger partial charge in [0.2, 0.25) is 0 Å². The van der Waals surface area contributed by atoms with Crippen LogP contribution in [0, 0.1) is 5.82 Å². The molecule has 0 amide bonds. The molecule has 2 aliphatic heterocycles. The maximum Gasteiger partial charge on any atom is 0.387 e. The van der Waals surface area contributed by atoms with Crippen LogP contribution in [-0.4, -0.2) is 45.1 Å². The lowest BCUT2D eigenvalue weighted by Crippen LogP contribution is -2.53. The highest BCUT2D eigenvalue weighted by molar-refractivity contribution is 7.84. The van der Waals surface area contributed by atoms with Gasteiger partial charge in [-0.3, -0.25) is 4.98 Å². The molecule has 2 bridgehead atoms. The average Bonchev–Trinajstić information content (AvgIpc) is 3.66. The van der Waals surface area contributed by atoms with Gasteiger partial charge in [0.1, 0.15) is 23.4 Å². The summed E-state index contributed by atoms with van der Waals surface area (Å²) in [7, 11) is -1.38. The summed E-state index contributed by atoms with van der Waals surface area (Å²) in [5, 5.41) is 8.48. The maximum absolute atomic E-state index is 15.8. The van der Waals surface area contributed by atoms with Crippen LogP contribution in [0.2, 0.25) is 0 Å². The van der Waals surface area contributed by atoms with E-state index in [1.54, 1.807) is 29.2 Å². The summed E-state index contributed by atoms with van der Waals surface area (Å²) in [5.41, 5.74) is 4.37. The standard InChI is InChI=1S/C32H30F3N7O2S/c1-31(2,3)45(43)39-32(10-5-11-32)28-20(33)12-18(15-36-28)17-8-9-21-22(13-17)41-23-14-24(29(41)38-21)42-25(16-37-40-42)19-6-4-7-26(27(19)23)44-30(34)35/h4,6-9,12-13,15-16,23-24,30,39H,5,10-11,14H2,1-3H3/t23-,24-,45-/m1/s1. The van der Waals surface area contributed by atoms with Gasteiger partial charge >= 0.3 is 6.61 Å². The second-order valence-corrected chi connectivity index (χ2v) is 14.9. The summed E-state index contributed by atoms with van der Waals surface area (Å²) < 4.78 is 67.4. The number of fused-ring (bicyclic) bond motifs is 6. The summed E-state index contributed by atoms with van der Waals surface area (Å²) >= 11 is 0. The molecule has 3 aromatic heterocycles. The van der Waals surface area contributed by atoms with Crippen LogP contribution >= 0.6 is 0 Å². The Morgan fingerprint density at radius 3 is 2.62 bits per heavy atom. The number of alkyl halides is 2. The van der Waals surface area contributed by atoms with Crippen molar-refractivity contribution < 1.29 is 22.1 Å². The van der Waals surface area contributed by atoms with Gasteiger partial charge in [-0.25, -0.2) is 23.0 Å². The molecule has 8 rings (SSSR count). The number of ether oxygens (including phenoxy) is 1. The molecule has 0 unspecified atom stereocenters. The van der Waals surface area contributed by atoms with Crippen LogP contribution in [0.3, 0.4) is 0 Å². The Balaban J connectivity index is 1.22. The normalized spacial score (nSPS) is 20.3. The summed E-state index contributed by atoms with van der Waals surface area (Å²) in [4.78, 5) is 9.52. The number of rotatable bonds is 6. The monoisotopic (exact) mass is 633 g/mol. The third-order valence-electron chi connectivity index (χ3n) is 9.21. The van der Waals surface area contributed by atoms with Crippen molar-refractivity contribution in [2.75, 3.05) is 0 Å². The number of nitrogens with one attached hydrogen (secondary N) is 1. The third-order valence-corrected chi connectivity index (χ3v) is 10.9. The van der Waals surface area contributed by atoms with Gasteiger partial charge in [0, 0.05) is 29.3 Å². The molecule has 5 heterocycles. The number of imidazole rings is 1. The Morgan fingerprint density at radius 2 is 1.91 bits per heavy atom. The molecule has 9 nitrogen and oxygen atoms in total. The smallest absolute Gasteiger partial charge is 0.387 e. The predicted molar refractivity (Wildman–Crippen MR) is 162 cm³/mol. The van der Waals surface area contributed by atoms with Gasteiger partial charge in [-0.15, -0.1) is 5.10 Å². The summed E-state index contributed by atoms with van der Waals surface area (Å²) in [6, 6.07) is 11.6. The second kappa shape index (κ2) is 9.95. The Bertz CT molecular complexity index is 2010. The SMILES string of the molecule is CC(C)(C)[S@@](=O)NC1(c2ncc(-c3ccc4nc5n(c4c3)[C@@H]3C[C@H]5n4nncc4-c4cccc(OC(F)F)c43)cc2F)CCC1. The number of halogens is 3. The molecule has 3 aliphatic rings. The van der Waals surface area contributed by atoms with E-state index in [4.69, 9.17) is 9.72 Å². The van der Waals surface area contributed by atoms with E-state index in [1.165, 1.54) is 6.07 Å². The molecule has 3 atom stereocenters. The lowest BCUT2D eigenvalue weighted by Gasteiger charge is -2.43. The number of hydrogen-bond acceptors (Lipinski definition) is 6. The van der Waals surface area contributed by atoms with E-state index in [9.17, 15) is 13.0 Å². The first kappa shape index (κ1) is 28.4. The lowest BCUT2D eigenvalue weighted by atomic mass is 9.74. The van der Waals surface area contributed by atoms with E-state index in [-0.39, 0.29) is 23.5 Å². The Hall–Kier alpha value is -4.10.